The molecule has 0 aliphatic carbocycles. The predicted molar refractivity (Wildman–Crippen MR) is 92.5 cm³/mol. The lowest BCUT2D eigenvalue weighted by molar-refractivity contribution is -0.143. The highest BCUT2D eigenvalue weighted by atomic mass is 32.1. The number of rotatable bonds is 6. The summed E-state index contributed by atoms with van der Waals surface area (Å²) >= 11 is 1.75. The first-order chi connectivity index (χ1) is 11.4. The van der Waals surface area contributed by atoms with Gasteiger partial charge in [0.25, 0.3) is 0 Å². The Balaban J connectivity index is 1.87. The second-order valence-corrected chi connectivity index (χ2v) is 7.15. The number of nitrogens with zero attached hydrogens (tertiary/aromatic N) is 2. The van der Waals surface area contributed by atoms with Crippen molar-refractivity contribution in [3.63, 3.8) is 0 Å². The van der Waals surface area contributed by atoms with Gasteiger partial charge in [-0.25, -0.2) is 4.99 Å². The minimum atomic E-state index is -4.14. The van der Waals surface area contributed by atoms with Crippen molar-refractivity contribution in [3.05, 3.63) is 21.9 Å². The Morgan fingerprint density at radius 2 is 2.08 bits per heavy atom. The molecule has 1 aliphatic heterocycles. The number of hydrogen-bond donors (Lipinski definition) is 2. The van der Waals surface area contributed by atoms with E-state index in [1.807, 2.05) is 6.92 Å². The van der Waals surface area contributed by atoms with E-state index in [4.69, 9.17) is 0 Å². The third-order valence-corrected chi connectivity index (χ3v) is 5.03. The Bertz CT molecular complexity index is 542. The van der Waals surface area contributed by atoms with Gasteiger partial charge >= 0.3 is 6.18 Å². The first-order valence-electron chi connectivity index (χ1n) is 8.31. The number of nitrogens with one attached hydrogen (secondary N) is 2. The van der Waals surface area contributed by atoms with E-state index < -0.39 is 12.7 Å². The van der Waals surface area contributed by atoms with E-state index in [2.05, 4.69) is 34.7 Å². The summed E-state index contributed by atoms with van der Waals surface area (Å²) in [5.74, 6) is 0.669. The maximum atomic E-state index is 12.5. The van der Waals surface area contributed by atoms with Crippen LogP contribution in [0.15, 0.2) is 17.1 Å². The number of guanidine groups is 1. The van der Waals surface area contributed by atoms with Crippen molar-refractivity contribution in [1.82, 2.24) is 15.5 Å². The first kappa shape index (κ1) is 19.1. The van der Waals surface area contributed by atoms with Gasteiger partial charge in [0.2, 0.25) is 0 Å². The molecule has 0 aromatic carbocycles. The molecule has 1 unspecified atom stereocenters. The molecular weight excluding hydrogens is 337 g/mol. The van der Waals surface area contributed by atoms with Gasteiger partial charge in [-0.1, -0.05) is 6.92 Å². The normalized spacial score (nSPS) is 19.7. The molecule has 0 radical (unpaired) electrons. The fourth-order valence-electron chi connectivity index (χ4n) is 2.72. The molecule has 4 nitrogen and oxygen atoms in total. The number of alkyl halides is 3. The molecular formula is C16H25F3N4S. The Kier molecular flexibility index (Phi) is 6.91. The van der Waals surface area contributed by atoms with Crippen LogP contribution in [0.5, 0.6) is 0 Å². The third-order valence-electron chi connectivity index (χ3n) is 3.82. The molecule has 0 spiro atoms. The van der Waals surface area contributed by atoms with E-state index in [9.17, 15) is 13.2 Å². The van der Waals surface area contributed by atoms with E-state index in [1.165, 1.54) is 14.7 Å². The Morgan fingerprint density at radius 1 is 1.33 bits per heavy atom. The molecule has 1 atom stereocenters. The molecule has 0 amide bonds. The highest BCUT2D eigenvalue weighted by molar-refractivity contribution is 7.11. The van der Waals surface area contributed by atoms with Gasteiger partial charge in [-0.3, -0.25) is 4.90 Å². The van der Waals surface area contributed by atoms with Crippen LogP contribution in [-0.2, 0) is 13.0 Å². The topological polar surface area (TPSA) is 39.7 Å². The van der Waals surface area contributed by atoms with Gasteiger partial charge < -0.3 is 10.6 Å². The van der Waals surface area contributed by atoms with Crippen molar-refractivity contribution in [2.75, 3.05) is 26.2 Å². The average molecular weight is 362 g/mol. The van der Waals surface area contributed by atoms with Crippen LogP contribution in [0.3, 0.4) is 0 Å². The average Bonchev–Trinajstić information content (AvgIpc) is 3.12. The van der Waals surface area contributed by atoms with Crippen LogP contribution in [-0.4, -0.2) is 49.3 Å². The smallest absolute Gasteiger partial charge is 0.357 e. The van der Waals surface area contributed by atoms with Gasteiger partial charge in [0.05, 0.1) is 13.1 Å². The zero-order valence-corrected chi connectivity index (χ0v) is 14.9. The van der Waals surface area contributed by atoms with Crippen LogP contribution >= 0.6 is 11.3 Å². The van der Waals surface area contributed by atoms with Gasteiger partial charge in [0, 0.05) is 35.4 Å². The largest absolute Gasteiger partial charge is 0.401 e. The van der Waals surface area contributed by atoms with Crippen molar-refractivity contribution < 1.29 is 13.2 Å². The third kappa shape index (κ3) is 6.32. The van der Waals surface area contributed by atoms with Gasteiger partial charge in [-0.2, -0.15) is 13.2 Å². The molecule has 1 saturated heterocycles. The van der Waals surface area contributed by atoms with Gasteiger partial charge in [0.15, 0.2) is 5.96 Å². The highest BCUT2D eigenvalue weighted by Gasteiger charge is 2.34. The zero-order chi connectivity index (χ0) is 17.6. The number of thiophene rings is 1. The lowest BCUT2D eigenvalue weighted by Crippen LogP contribution is -2.45. The van der Waals surface area contributed by atoms with Crippen molar-refractivity contribution >= 4 is 17.3 Å². The van der Waals surface area contributed by atoms with E-state index in [0.717, 1.165) is 13.0 Å². The number of hydrogen-bond acceptors (Lipinski definition) is 3. The summed E-state index contributed by atoms with van der Waals surface area (Å²) in [6, 6.07) is 4.19. The van der Waals surface area contributed by atoms with E-state index in [1.54, 1.807) is 11.3 Å². The quantitative estimate of drug-likeness (QED) is 0.604. The van der Waals surface area contributed by atoms with Gasteiger partial charge in [-0.05, 0) is 31.9 Å². The van der Waals surface area contributed by atoms with Crippen LogP contribution in [0.1, 0.15) is 30.0 Å². The molecule has 1 aliphatic rings. The van der Waals surface area contributed by atoms with Crippen molar-refractivity contribution in [2.24, 2.45) is 4.99 Å². The minimum absolute atomic E-state index is 0.000288. The highest BCUT2D eigenvalue weighted by Crippen LogP contribution is 2.20. The summed E-state index contributed by atoms with van der Waals surface area (Å²) in [4.78, 5) is 8.52. The summed E-state index contributed by atoms with van der Waals surface area (Å²) in [6.07, 6.45) is -2.42. The van der Waals surface area contributed by atoms with Crippen LogP contribution < -0.4 is 10.6 Å². The molecule has 1 aromatic rings. The minimum Gasteiger partial charge on any atom is -0.357 e. The van der Waals surface area contributed by atoms with E-state index >= 15 is 0 Å². The molecule has 2 N–H and O–H groups in total. The molecule has 2 heterocycles. The van der Waals surface area contributed by atoms with Crippen molar-refractivity contribution in [1.29, 1.82) is 0 Å². The summed E-state index contributed by atoms with van der Waals surface area (Å²) in [6.45, 7) is 5.41. The maximum absolute atomic E-state index is 12.5. The lowest BCUT2D eigenvalue weighted by Gasteiger charge is -2.19. The maximum Gasteiger partial charge on any atom is 0.401 e. The zero-order valence-electron chi connectivity index (χ0n) is 14.1. The number of aryl methyl sites for hydroxylation is 1. The molecule has 136 valence electrons. The number of likely N-dealkylation sites (tertiary alicyclic amines) is 1. The van der Waals surface area contributed by atoms with Gasteiger partial charge in [0.1, 0.15) is 0 Å². The van der Waals surface area contributed by atoms with E-state index in [-0.39, 0.29) is 6.04 Å². The fraction of sp³-hybridized carbons (Fsp3) is 0.688. The second-order valence-electron chi connectivity index (χ2n) is 5.90. The van der Waals surface area contributed by atoms with Crippen molar-refractivity contribution in [2.45, 2.75) is 45.5 Å². The van der Waals surface area contributed by atoms with Crippen LogP contribution in [0.4, 0.5) is 13.2 Å². The van der Waals surface area contributed by atoms with E-state index in [0.29, 0.717) is 32.0 Å². The monoisotopic (exact) mass is 362 g/mol. The number of aliphatic imine (C=N–C) groups is 1. The molecule has 1 fully saturated rings. The summed E-state index contributed by atoms with van der Waals surface area (Å²) in [7, 11) is 0. The molecule has 2 rings (SSSR count). The molecule has 8 heteroatoms. The van der Waals surface area contributed by atoms with Gasteiger partial charge in [-0.15, -0.1) is 11.3 Å². The first-order valence-corrected chi connectivity index (χ1v) is 9.12. The Morgan fingerprint density at radius 3 is 2.71 bits per heavy atom. The summed E-state index contributed by atoms with van der Waals surface area (Å²) < 4.78 is 37.4. The van der Waals surface area contributed by atoms with Crippen LogP contribution in [0, 0.1) is 0 Å². The van der Waals surface area contributed by atoms with Crippen molar-refractivity contribution in [3.8, 4) is 0 Å². The molecule has 1 aromatic heterocycles. The predicted octanol–water partition coefficient (Wildman–Crippen LogP) is 3.00. The fourth-order valence-corrected chi connectivity index (χ4v) is 3.60. The number of halogens is 3. The Labute approximate surface area is 145 Å². The Hall–Kier alpha value is -1.28. The molecule has 24 heavy (non-hydrogen) atoms. The standard InChI is InChI=1S/C16H25F3N4S/c1-3-13-5-6-14(24-13)9-21-15(20-4-2)22-12-7-8-23(10-12)11-16(17,18)19/h5-6,12H,3-4,7-11H2,1-2H3,(H2,20,21,22). The van der Waals surface area contributed by atoms with Crippen LogP contribution in [0.2, 0.25) is 0 Å². The summed E-state index contributed by atoms with van der Waals surface area (Å²) in [5.41, 5.74) is 0. The summed E-state index contributed by atoms with van der Waals surface area (Å²) in [5, 5.41) is 6.42. The molecule has 0 bridgehead atoms. The SMILES string of the molecule is CCNC(=NCc1ccc(CC)s1)NC1CCN(CC(F)(F)F)C1. The lowest BCUT2D eigenvalue weighted by atomic mass is 10.3. The van der Waals surface area contributed by atoms with Crippen LogP contribution in [0.25, 0.3) is 0 Å². The molecule has 0 saturated carbocycles. The second kappa shape index (κ2) is 8.71.